The Labute approximate surface area is 105 Å². The van der Waals surface area contributed by atoms with Gasteiger partial charge in [-0.05, 0) is 60.8 Å². The maximum atomic E-state index is 11.9. The lowest BCUT2D eigenvalue weighted by atomic mass is 9.97. The summed E-state index contributed by atoms with van der Waals surface area (Å²) in [5.74, 6) is -0.132. The first-order chi connectivity index (χ1) is 7.59. The van der Waals surface area contributed by atoms with E-state index in [-0.39, 0.29) is 23.8 Å². The van der Waals surface area contributed by atoms with Gasteiger partial charge in [-0.2, -0.15) is 0 Å². The fourth-order valence-electron chi connectivity index (χ4n) is 1.93. The zero-order chi connectivity index (χ0) is 13.3. The molecule has 0 aromatic carbocycles. The van der Waals surface area contributed by atoms with Crippen molar-refractivity contribution in [2.75, 3.05) is 0 Å². The first kappa shape index (κ1) is 14.5. The van der Waals surface area contributed by atoms with Crippen LogP contribution >= 0.6 is 0 Å². The van der Waals surface area contributed by atoms with Gasteiger partial charge in [0.25, 0.3) is 0 Å². The van der Waals surface area contributed by atoms with Crippen molar-refractivity contribution in [1.82, 2.24) is 0 Å². The fraction of sp³-hybridized carbons (Fsp3) is 0.929. The molecule has 0 spiro atoms. The second kappa shape index (κ2) is 4.97. The molecule has 0 N–H and O–H groups in total. The van der Waals surface area contributed by atoms with Crippen molar-refractivity contribution in [3.05, 3.63) is 0 Å². The van der Waals surface area contributed by atoms with E-state index in [0.717, 1.165) is 19.3 Å². The summed E-state index contributed by atoms with van der Waals surface area (Å²) in [6, 6.07) is 0. The standard InChI is InChI=1S/C14H26O3/c1-13(2,3)12(15)16-10-8-7-9-11(10)17-14(4,5)6/h10-11H,7-9H2,1-6H3. The van der Waals surface area contributed by atoms with Crippen LogP contribution in [0.15, 0.2) is 0 Å². The Balaban J connectivity index is 2.56. The van der Waals surface area contributed by atoms with Crippen LogP contribution in [0, 0.1) is 5.41 Å². The molecule has 0 radical (unpaired) electrons. The number of carbonyl (C=O) groups is 1. The Hall–Kier alpha value is -0.570. The summed E-state index contributed by atoms with van der Waals surface area (Å²) in [4.78, 5) is 11.9. The molecule has 2 atom stereocenters. The summed E-state index contributed by atoms with van der Waals surface area (Å²) in [5, 5.41) is 0. The minimum atomic E-state index is -0.436. The van der Waals surface area contributed by atoms with E-state index in [2.05, 4.69) is 0 Å². The largest absolute Gasteiger partial charge is 0.459 e. The predicted molar refractivity (Wildman–Crippen MR) is 67.8 cm³/mol. The van der Waals surface area contributed by atoms with Gasteiger partial charge in [0.2, 0.25) is 0 Å². The highest BCUT2D eigenvalue weighted by Gasteiger charge is 2.36. The minimum Gasteiger partial charge on any atom is -0.459 e. The Bertz CT molecular complexity index is 270. The van der Waals surface area contributed by atoms with Gasteiger partial charge in [-0.3, -0.25) is 4.79 Å². The van der Waals surface area contributed by atoms with Crippen molar-refractivity contribution in [1.29, 1.82) is 0 Å². The number of hydrogen-bond donors (Lipinski definition) is 0. The molecule has 1 aliphatic carbocycles. The Morgan fingerprint density at radius 1 is 1.00 bits per heavy atom. The fourth-order valence-corrected chi connectivity index (χ4v) is 1.93. The smallest absolute Gasteiger partial charge is 0.311 e. The van der Waals surface area contributed by atoms with Gasteiger partial charge < -0.3 is 9.47 Å². The van der Waals surface area contributed by atoms with Crippen LogP contribution in [0.4, 0.5) is 0 Å². The molecule has 0 aromatic heterocycles. The SMILES string of the molecule is CC(C)(C)OC1CCCC1OC(=O)C(C)(C)C. The highest BCUT2D eigenvalue weighted by molar-refractivity contribution is 5.75. The maximum Gasteiger partial charge on any atom is 0.311 e. The lowest BCUT2D eigenvalue weighted by molar-refractivity contribution is -0.171. The third-order valence-corrected chi connectivity index (χ3v) is 2.77. The molecule has 1 fully saturated rings. The van der Waals surface area contributed by atoms with E-state index in [0.29, 0.717) is 0 Å². The molecular weight excluding hydrogens is 216 g/mol. The molecule has 1 saturated carbocycles. The summed E-state index contributed by atoms with van der Waals surface area (Å²) in [6.07, 6.45) is 2.97. The van der Waals surface area contributed by atoms with Gasteiger partial charge in [-0.1, -0.05) is 0 Å². The van der Waals surface area contributed by atoms with E-state index >= 15 is 0 Å². The van der Waals surface area contributed by atoms with Crippen molar-refractivity contribution < 1.29 is 14.3 Å². The van der Waals surface area contributed by atoms with Crippen LogP contribution < -0.4 is 0 Å². The van der Waals surface area contributed by atoms with Crippen LogP contribution in [-0.4, -0.2) is 23.8 Å². The third kappa shape index (κ3) is 4.66. The van der Waals surface area contributed by atoms with Gasteiger partial charge in [0.15, 0.2) is 0 Å². The highest BCUT2D eigenvalue weighted by Crippen LogP contribution is 2.30. The molecule has 2 unspecified atom stereocenters. The molecule has 17 heavy (non-hydrogen) atoms. The van der Waals surface area contributed by atoms with Gasteiger partial charge in [0.05, 0.1) is 17.1 Å². The molecule has 0 saturated heterocycles. The molecular formula is C14H26O3. The Morgan fingerprint density at radius 2 is 1.53 bits per heavy atom. The van der Waals surface area contributed by atoms with Gasteiger partial charge in [0.1, 0.15) is 6.10 Å². The average molecular weight is 242 g/mol. The molecule has 100 valence electrons. The maximum absolute atomic E-state index is 11.9. The second-order valence-electron chi connectivity index (χ2n) is 6.89. The zero-order valence-corrected chi connectivity index (χ0v) is 12.0. The summed E-state index contributed by atoms with van der Waals surface area (Å²) < 4.78 is 11.5. The van der Waals surface area contributed by atoms with Crippen molar-refractivity contribution >= 4 is 5.97 Å². The lowest BCUT2D eigenvalue weighted by Gasteiger charge is -2.30. The van der Waals surface area contributed by atoms with E-state index in [4.69, 9.17) is 9.47 Å². The van der Waals surface area contributed by atoms with E-state index < -0.39 is 5.41 Å². The molecule has 0 bridgehead atoms. The van der Waals surface area contributed by atoms with Crippen LogP contribution in [-0.2, 0) is 14.3 Å². The molecule has 3 heteroatoms. The van der Waals surface area contributed by atoms with Crippen LogP contribution in [0.2, 0.25) is 0 Å². The van der Waals surface area contributed by atoms with Crippen molar-refractivity contribution in [3.8, 4) is 0 Å². The molecule has 0 aliphatic heterocycles. The minimum absolute atomic E-state index is 0.0568. The van der Waals surface area contributed by atoms with Gasteiger partial charge in [-0.15, -0.1) is 0 Å². The molecule has 0 amide bonds. The van der Waals surface area contributed by atoms with Gasteiger partial charge in [0, 0.05) is 0 Å². The van der Waals surface area contributed by atoms with Crippen molar-refractivity contribution in [3.63, 3.8) is 0 Å². The van der Waals surface area contributed by atoms with E-state index in [9.17, 15) is 4.79 Å². The third-order valence-electron chi connectivity index (χ3n) is 2.77. The Kier molecular flexibility index (Phi) is 4.23. The molecule has 0 aromatic rings. The van der Waals surface area contributed by atoms with Crippen LogP contribution in [0.1, 0.15) is 60.8 Å². The lowest BCUT2D eigenvalue weighted by Crippen LogP contribution is -2.37. The first-order valence-electron chi connectivity index (χ1n) is 6.48. The quantitative estimate of drug-likeness (QED) is 0.697. The van der Waals surface area contributed by atoms with E-state index in [1.807, 2.05) is 41.5 Å². The summed E-state index contributed by atoms with van der Waals surface area (Å²) in [7, 11) is 0. The van der Waals surface area contributed by atoms with Crippen LogP contribution in [0.5, 0.6) is 0 Å². The van der Waals surface area contributed by atoms with Gasteiger partial charge in [-0.25, -0.2) is 0 Å². The average Bonchev–Trinajstić information content (AvgIpc) is 2.48. The number of rotatable bonds is 2. The van der Waals surface area contributed by atoms with Crippen molar-refractivity contribution in [2.45, 2.75) is 78.6 Å². The summed E-state index contributed by atoms with van der Waals surface area (Å²) >= 11 is 0. The van der Waals surface area contributed by atoms with E-state index in [1.165, 1.54) is 0 Å². The van der Waals surface area contributed by atoms with Gasteiger partial charge >= 0.3 is 5.97 Å². The van der Waals surface area contributed by atoms with Crippen LogP contribution in [0.25, 0.3) is 0 Å². The monoisotopic (exact) mass is 242 g/mol. The molecule has 1 rings (SSSR count). The Morgan fingerprint density at radius 3 is 2.00 bits per heavy atom. The number of esters is 1. The summed E-state index contributed by atoms with van der Waals surface area (Å²) in [6.45, 7) is 11.7. The number of hydrogen-bond acceptors (Lipinski definition) is 3. The summed E-state index contributed by atoms with van der Waals surface area (Å²) in [5.41, 5.74) is -0.615. The molecule has 1 aliphatic rings. The molecule has 3 nitrogen and oxygen atoms in total. The highest BCUT2D eigenvalue weighted by atomic mass is 16.6. The normalized spacial score (nSPS) is 26.0. The van der Waals surface area contributed by atoms with Crippen molar-refractivity contribution in [2.24, 2.45) is 5.41 Å². The van der Waals surface area contributed by atoms with E-state index in [1.54, 1.807) is 0 Å². The predicted octanol–water partition coefficient (Wildman–Crippen LogP) is 3.31. The second-order valence-corrected chi connectivity index (χ2v) is 6.89. The number of ether oxygens (including phenoxy) is 2. The zero-order valence-electron chi connectivity index (χ0n) is 12.0. The van der Waals surface area contributed by atoms with Crippen LogP contribution in [0.3, 0.4) is 0 Å². The first-order valence-corrected chi connectivity index (χ1v) is 6.48. The number of carbonyl (C=O) groups excluding carboxylic acids is 1. The topological polar surface area (TPSA) is 35.5 Å². The molecule has 0 heterocycles.